The fourth-order valence-electron chi connectivity index (χ4n) is 3.66. The highest BCUT2D eigenvalue weighted by Crippen LogP contribution is 2.44. The van der Waals surface area contributed by atoms with Crippen molar-refractivity contribution in [2.75, 3.05) is 13.2 Å². The Bertz CT molecular complexity index is 1080. The molecular formula is C24H18BrF2NO2. The molecule has 3 nitrogen and oxygen atoms in total. The summed E-state index contributed by atoms with van der Waals surface area (Å²) in [7, 11) is 0. The Morgan fingerprint density at radius 2 is 1.63 bits per heavy atom. The normalized spacial score (nSPS) is 12.6. The number of nitrogens with one attached hydrogen (secondary N) is 1. The van der Waals surface area contributed by atoms with Gasteiger partial charge in [0.25, 0.3) is 0 Å². The second-order valence-electron chi connectivity index (χ2n) is 6.87. The van der Waals surface area contributed by atoms with Crippen molar-refractivity contribution in [1.29, 1.82) is 0 Å². The van der Waals surface area contributed by atoms with Crippen molar-refractivity contribution in [1.82, 2.24) is 5.32 Å². The van der Waals surface area contributed by atoms with E-state index in [-0.39, 0.29) is 29.1 Å². The summed E-state index contributed by atoms with van der Waals surface area (Å²) in [6, 6.07) is 18.6. The summed E-state index contributed by atoms with van der Waals surface area (Å²) in [5.74, 6) is -1.39. The molecule has 0 spiro atoms. The summed E-state index contributed by atoms with van der Waals surface area (Å²) < 4.78 is 33.3. The Kier molecular flexibility index (Phi) is 5.95. The quantitative estimate of drug-likeness (QED) is 0.446. The standard InChI is InChI=1S/C24H18BrF2NO2/c25-21-11-12-22(26)19(23(21)27)10-5-13-28-24(29)30-14-20-17-8-3-1-6-15(17)16-7-2-4-9-18(16)20/h1-12,20H,13-14H2,(H,28,29). The number of fused-ring (bicyclic) bond motifs is 3. The fraction of sp³-hybridized carbons (Fsp3) is 0.125. The molecule has 0 saturated carbocycles. The lowest BCUT2D eigenvalue weighted by atomic mass is 9.98. The topological polar surface area (TPSA) is 38.3 Å². The highest BCUT2D eigenvalue weighted by atomic mass is 79.9. The van der Waals surface area contributed by atoms with Crippen molar-refractivity contribution >= 4 is 28.1 Å². The summed E-state index contributed by atoms with van der Waals surface area (Å²) in [4.78, 5) is 12.1. The van der Waals surface area contributed by atoms with Gasteiger partial charge in [-0.25, -0.2) is 13.6 Å². The van der Waals surface area contributed by atoms with Crippen LogP contribution in [0.4, 0.5) is 13.6 Å². The van der Waals surface area contributed by atoms with Crippen LogP contribution in [0.3, 0.4) is 0 Å². The number of rotatable bonds is 5. The molecule has 1 aliphatic carbocycles. The number of benzene rings is 3. The molecule has 6 heteroatoms. The summed E-state index contributed by atoms with van der Waals surface area (Å²) >= 11 is 3.02. The maximum atomic E-state index is 13.9. The smallest absolute Gasteiger partial charge is 0.407 e. The van der Waals surface area contributed by atoms with Gasteiger partial charge >= 0.3 is 6.09 Å². The van der Waals surface area contributed by atoms with Crippen LogP contribution < -0.4 is 5.32 Å². The molecule has 152 valence electrons. The van der Waals surface area contributed by atoms with Crippen molar-refractivity contribution < 1.29 is 18.3 Å². The summed E-state index contributed by atoms with van der Waals surface area (Å²) in [5.41, 5.74) is 4.41. The molecule has 0 aliphatic heterocycles. The molecule has 3 aromatic carbocycles. The first-order valence-electron chi connectivity index (χ1n) is 9.45. The van der Waals surface area contributed by atoms with Crippen LogP contribution in [0.2, 0.25) is 0 Å². The van der Waals surface area contributed by atoms with Gasteiger partial charge in [0.15, 0.2) is 0 Å². The van der Waals surface area contributed by atoms with E-state index in [1.807, 2.05) is 36.4 Å². The minimum Gasteiger partial charge on any atom is -0.449 e. The molecule has 0 radical (unpaired) electrons. The Hall–Kier alpha value is -2.99. The van der Waals surface area contributed by atoms with Gasteiger partial charge in [-0.2, -0.15) is 0 Å². The van der Waals surface area contributed by atoms with Gasteiger partial charge in [0.1, 0.15) is 18.2 Å². The van der Waals surface area contributed by atoms with E-state index < -0.39 is 17.7 Å². The largest absolute Gasteiger partial charge is 0.449 e. The van der Waals surface area contributed by atoms with Crippen molar-refractivity contribution in [2.24, 2.45) is 0 Å². The number of halogens is 3. The monoisotopic (exact) mass is 469 g/mol. The molecular weight excluding hydrogens is 452 g/mol. The first kappa shape index (κ1) is 20.3. The van der Waals surface area contributed by atoms with Crippen molar-refractivity contribution in [3.05, 3.63) is 99.5 Å². The molecule has 1 aliphatic rings. The van der Waals surface area contributed by atoms with Gasteiger partial charge in [-0.15, -0.1) is 0 Å². The molecule has 0 bridgehead atoms. The third kappa shape index (κ3) is 4.00. The number of hydrogen-bond acceptors (Lipinski definition) is 2. The molecule has 4 rings (SSSR count). The number of alkyl carbamates (subject to hydrolysis) is 1. The maximum Gasteiger partial charge on any atom is 0.407 e. The number of hydrogen-bond donors (Lipinski definition) is 1. The molecule has 1 amide bonds. The second kappa shape index (κ2) is 8.79. The minimum absolute atomic E-state index is 0.0245. The summed E-state index contributed by atoms with van der Waals surface area (Å²) in [6.45, 7) is 0.292. The number of carbonyl (C=O) groups is 1. The van der Waals surface area contributed by atoms with Gasteiger partial charge in [0, 0.05) is 18.0 Å². The molecule has 1 N–H and O–H groups in total. The number of carbonyl (C=O) groups excluding carboxylic acids is 1. The van der Waals surface area contributed by atoms with Gasteiger partial charge in [0.05, 0.1) is 4.47 Å². The Morgan fingerprint density at radius 3 is 2.30 bits per heavy atom. The molecule has 0 unspecified atom stereocenters. The van der Waals surface area contributed by atoms with E-state index >= 15 is 0 Å². The van der Waals surface area contributed by atoms with Crippen LogP contribution in [-0.4, -0.2) is 19.2 Å². The van der Waals surface area contributed by atoms with Crippen molar-refractivity contribution in [2.45, 2.75) is 5.92 Å². The number of ether oxygens (including phenoxy) is 1. The average Bonchev–Trinajstić information content (AvgIpc) is 3.08. The van der Waals surface area contributed by atoms with E-state index in [0.29, 0.717) is 0 Å². The van der Waals surface area contributed by atoms with Crippen LogP contribution in [0.15, 0.2) is 71.2 Å². The fourth-order valence-corrected chi connectivity index (χ4v) is 4.01. The Morgan fingerprint density at radius 1 is 1.00 bits per heavy atom. The average molecular weight is 470 g/mol. The first-order valence-corrected chi connectivity index (χ1v) is 10.2. The highest BCUT2D eigenvalue weighted by Gasteiger charge is 2.28. The van der Waals surface area contributed by atoms with E-state index in [1.165, 1.54) is 24.3 Å². The molecule has 0 saturated heterocycles. The summed E-state index contributed by atoms with van der Waals surface area (Å²) in [6.07, 6.45) is 2.17. The summed E-state index contributed by atoms with van der Waals surface area (Å²) in [5, 5.41) is 2.57. The number of amides is 1. The molecule has 0 heterocycles. The van der Waals surface area contributed by atoms with E-state index in [4.69, 9.17) is 4.74 Å². The Labute approximate surface area is 181 Å². The minimum atomic E-state index is -0.688. The zero-order valence-electron chi connectivity index (χ0n) is 15.9. The predicted octanol–water partition coefficient (Wildman–Crippen LogP) is 6.28. The van der Waals surface area contributed by atoms with Gasteiger partial charge in [-0.1, -0.05) is 60.7 Å². The van der Waals surface area contributed by atoms with E-state index in [0.717, 1.165) is 22.3 Å². The highest BCUT2D eigenvalue weighted by molar-refractivity contribution is 9.10. The maximum absolute atomic E-state index is 13.9. The van der Waals surface area contributed by atoms with Crippen LogP contribution in [0.1, 0.15) is 22.6 Å². The van der Waals surface area contributed by atoms with Crippen molar-refractivity contribution in [3.8, 4) is 11.1 Å². The van der Waals surface area contributed by atoms with Crippen molar-refractivity contribution in [3.63, 3.8) is 0 Å². The van der Waals surface area contributed by atoms with Gasteiger partial charge < -0.3 is 10.1 Å². The predicted molar refractivity (Wildman–Crippen MR) is 116 cm³/mol. The lowest BCUT2D eigenvalue weighted by Crippen LogP contribution is -2.26. The zero-order chi connectivity index (χ0) is 21.1. The van der Waals surface area contributed by atoms with Crippen LogP contribution in [0.5, 0.6) is 0 Å². The first-order chi connectivity index (χ1) is 14.6. The zero-order valence-corrected chi connectivity index (χ0v) is 17.5. The van der Waals surface area contributed by atoms with Gasteiger partial charge in [-0.05, 0) is 50.3 Å². The SMILES string of the molecule is O=C(NCC=Cc1c(F)ccc(Br)c1F)OCC1c2ccccc2-c2ccccc21. The molecule has 0 aromatic heterocycles. The molecule has 0 fully saturated rings. The third-order valence-electron chi connectivity index (χ3n) is 5.07. The van der Waals surface area contributed by atoms with Crippen LogP contribution in [0.25, 0.3) is 17.2 Å². The van der Waals surface area contributed by atoms with E-state index in [1.54, 1.807) is 0 Å². The van der Waals surface area contributed by atoms with E-state index in [2.05, 4.69) is 33.4 Å². The van der Waals surface area contributed by atoms with E-state index in [9.17, 15) is 13.6 Å². The molecule has 3 aromatic rings. The third-order valence-corrected chi connectivity index (χ3v) is 5.68. The molecule has 30 heavy (non-hydrogen) atoms. The Balaban J connectivity index is 1.36. The van der Waals surface area contributed by atoms with Crippen LogP contribution in [-0.2, 0) is 4.74 Å². The second-order valence-corrected chi connectivity index (χ2v) is 7.72. The van der Waals surface area contributed by atoms with Gasteiger partial charge in [-0.3, -0.25) is 0 Å². The molecule has 0 atom stereocenters. The lowest BCUT2D eigenvalue weighted by Gasteiger charge is -2.14. The lowest BCUT2D eigenvalue weighted by molar-refractivity contribution is 0.144. The van der Waals surface area contributed by atoms with Crippen LogP contribution >= 0.6 is 15.9 Å². The van der Waals surface area contributed by atoms with Crippen LogP contribution in [0, 0.1) is 11.6 Å². The van der Waals surface area contributed by atoms with Gasteiger partial charge in [0.2, 0.25) is 0 Å².